The highest BCUT2D eigenvalue weighted by Gasteiger charge is 2.13. The highest BCUT2D eigenvalue weighted by Crippen LogP contribution is 2.19. The number of rotatable bonds is 2. The van der Waals surface area contributed by atoms with Crippen LogP contribution in [0.25, 0.3) is 0 Å². The predicted molar refractivity (Wildman–Crippen MR) is 62.1 cm³/mol. The fourth-order valence-electron chi connectivity index (χ4n) is 1.91. The van der Waals surface area contributed by atoms with Crippen molar-refractivity contribution in [2.75, 3.05) is 11.1 Å². The van der Waals surface area contributed by atoms with Gasteiger partial charge in [-0.1, -0.05) is 19.3 Å². The summed E-state index contributed by atoms with van der Waals surface area (Å²) >= 11 is 4.89. The molecule has 0 spiro atoms. The molecule has 1 aromatic rings. The summed E-state index contributed by atoms with van der Waals surface area (Å²) in [5, 5.41) is 3.31. The lowest BCUT2D eigenvalue weighted by Gasteiger charge is -2.22. The first kappa shape index (κ1) is 10.4. The van der Waals surface area contributed by atoms with Crippen molar-refractivity contribution in [1.82, 2.24) is 15.0 Å². The Bertz CT molecular complexity index is 382. The molecule has 1 saturated carbocycles. The van der Waals surface area contributed by atoms with Gasteiger partial charge in [0.1, 0.15) is 0 Å². The van der Waals surface area contributed by atoms with Crippen LogP contribution >= 0.6 is 12.2 Å². The van der Waals surface area contributed by atoms with E-state index in [0.29, 0.717) is 17.9 Å². The van der Waals surface area contributed by atoms with Gasteiger partial charge in [-0.25, -0.2) is 0 Å². The maximum atomic E-state index is 5.55. The molecule has 1 aliphatic rings. The van der Waals surface area contributed by atoms with Gasteiger partial charge < -0.3 is 11.1 Å². The second kappa shape index (κ2) is 4.57. The minimum absolute atomic E-state index is 0.282. The first-order valence-corrected chi connectivity index (χ1v) is 5.65. The van der Waals surface area contributed by atoms with E-state index in [1.54, 1.807) is 0 Å². The molecule has 0 aliphatic heterocycles. The minimum Gasteiger partial charge on any atom is -0.369 e. The molecule has 82 valence electrons. The number of hydrogen-bond donors (Lipinski definition) is 3. The summed E-state index contributed by atoms with van der Waals surface area (Å²) < 4.78 is 0.282. The summed E-state index contributed by atoms with van der Waals surface area (Å²) in [6, 6.07) is 0.485. The van der Waals surface area contributed by atoms with Crippen LogP contribution in [0, 0.1) is 4.77 Å². The third kappa shape index (κ3) is 2.89. The number of anilines is 2. The third-order valence-electron chi connectivity index (χ3n) is 2.62. The number of aromatic nitrogens is 3. The summed E-state index contributed by atoms with van der Waals surface area (Å²) in [4.78, 5) is 10.8. The van der Waals surface area contributed by atoms with Crippen molar-refractivity contribution >= 4 is 24.1 Å². The third-order valence-corrected chi connectivity index (χ3v) is 2.80. The van der Waals surface area contributed by atoms with Crippen LogP contribution in [0.15, 0.2) is 0 Å². The van der Waals surface area contributed by atoms with Gasteiger partial charge >= 0.3 is 0 Å². The molecular formula is C9H15N5S. The van der Waals surface area contributed by atoms with Gasteiger partial charge in [0.05, 0.1) is 0 Å². The molecule has 6 heteroatoms. The Kier molecular flexibility index (Phi) is 3.15. The lowest BCUT2D eigenvalue weighted by Crippen LogP contribution is -2.23. The zero-order valence-corrected chi connectivity index (χ0v) is 9.31. The zero-order valence-electron chi connectivity index (χ0n) is 8.49. The monoisotopic (exact) mass is 225 g/mol. The van der Waals surface area contributed by atoms with Crippen molar-refractivity contribution in [3.05, 3.63) is 4.77 Å². The van der Waals surface area contributed by atoms with E-state index in [9.17, 15) is 0 Å². The number of aromatic amines is 1. The van der Waals surface area contributed by atoms with Crippen LogP contribution in [0.1, 0.15) is 32.1 Å². The number of nitrogens with two attached hydrogens (primary N) is 1. The molecule has 0 amide bonds. The van der Waals surface area contributed by atoms with Crippen LogP contribution in [-0.2, 0) is 0 Å². The molecule has 2 rings (SSSR count). The highest BCUT2D eigenvalue weighted by molar-refractivity contribution is 7.71. The fraction of sp³-hybridized carbons (Fsp3) is 0.667. The van der Waals surface area contributed by atoms with E-state index in [0.717, 1.165) is 0 Å². The highest BCUT2D eigenvalue weighted by atomic mass is 32.1. The topological polar surface area (TPSA) is 79.6 Å². The van der Waals surface area contributed by atoms with Gasteiger partial charge in [-0.2, -0.15) is 9.97 Å². The van der Waals surface area contributed by atoms with Crippen molar-refractivity contribution in [3.63, 3.8) is 0 Å². The van der Waals surface area contributed by atoms with Crippen LogP contribution in [0.4, 0.5) is 11.9 Å². The quantitative estimate of drug-likeness (QED) is 0.669. The van der Waals surface area contributed by atoms with E-state index < -0.39 is 0 Å². The van der Waals surface area contributed by atoms with Crippen LogP contribution in [0.3, 0.4) is 0 Å². The summed E-state index contributed by atoms with van der Waals surface area (Å²) in [5.74, 6) is 0.952. The maximum Gasteiger partial charge on any atom is 0.225 e. The van der Waals surface area contributed by atoms with Crippen molar-refractivity contribution in [2.24, 2.45) is 0 Å². The van der Waals surface area contributed by atoms with Gasteiger partial charge in [0, 0.05) is 6.04 Å². The second-order valence-corrected chi connectivity index (χ2v) is 4.21. The lowest BCUT2D eigenvalue weighted by atomic mass is 9.96. The van der Waals surface area contributed by atoms with E-state index in [2.05, 4.69) is 20.3 Å². The van der Waals surface area contributed by atoms with Gasteiger partial charge in [-0.3, -0.25) is 4.98 Å². The minimum atomic E-state index is 0.282. The normalized spacial score (nSPS) is 17.6. The van der Waals surface area contributed by atoms with Gasteiger partial charge in [0.25, 0.3) is 0 Å². The van der Waals surface area contributed by atoms with E-state index in [1.807, 2.05) is 0 Å². The van der Waals surface area contributed by atoms with Gasteiger partial charge in [0.15, 0.2) is 0 Å². The van der Waals surface area contributed by atoms with Crippen LogP contribution in [-0.4, -0.2) is 21.0 Å². The predicted octanol–water partition coefficient (Wildman–Crippen LogP) is 1.86. The summed E-state index contributed by atoms with van der Waals surface area (Å²) in [6.07, 6.45) is 6.26. The van der Waals surface area contributed by atoms with Crippen LogP contribution in [0.2, 0.25) is 0 Å². The van der Waals surface area contributed by atoms with Gasteiger partial charge in [-0.05, 0) is 25.1 Å². The molecule has 0 bridgehead atoms. The Morgan fingerprint density at radius 3 is 2.67 bits per heavy atom. The van der Waals surface area contributed by atoms with Crippen molar-refractivity contribution in [2.45, 2.75) is 38.1 Å². The smallest absolute Gasteiger partial charge is 0.225 e. The van der Waals surface area contributed by atoms with E-state index in [4.69, 9.17) is 18.0 Å². The molecule has 5 nitrogen and oxygen atoms in total. The first-order chi connectivity index (χ1) is 7.24. The van der Waals surface area contributed by atoms with Crippen LogP contribution < -0.4 is 11.1 Å². The van der Waals surface area contributed by atoms with Crippen molar-refractivity contribution in [1.29, 1.82) is 0 Å². The molecule has 1 heterocycles. The van der Waals surface area contributed by atoms with Gasteiger partial charge in [-0.15, -0.1) is 0 Å². The molecule has 1 fully saturated rings. The molecule has 0 atom stereocenters. The number of H-pyrrole nitrogens is 1. The second-order valence-electron chi connectivity index (χ2n) is 3.84. The Labute approximate surface area is 93.5 Å². The lowest BCUT2D eigenvalue weighted by molar-refractivity contribution is 0.460. The summed E-state index contributed by atoms with van der Waals surface area (Å²) in [6.45, 7) is 0. The van der Waals surface area contributed by atoms with E-state index in [1.165, 1.54) is 32.1 Å². The molecule has 0 unspecified atom stereocenters. The fourth-order valence-corrected chi connectivity index (χ4v) is 2.10. The molecule has 0 aromatic carbocycles. The average Bonchev–Trinajstić information content (AvgIpc) is 2.17. The van der Waals surface area contributed by atoms with Gasteiger partial charge in [0.2, 0.25) is 16.7 Å². The molecule has 4 N–H and O–H groups in total. The first-order valence-electron chi connectivity index (χ1n) is 5.24. The van der Waals surface area contributed by atoms with Crippen molar-refractivity contribution < 1.29 is 0 Å². The standard InChI is InChI=1S/C9H15N5S/c10-7-12-8(14-9(15)13-7)11-6-4-2-1-3-5-6/h6H,1-5H2,(H4,10,11,12,13,14,15). The molecule has 0 radical (unpaired) electrons. The molecule has 0 saturated heterocycles. The number of nitrogens with zero attached hydrogens (tertiary/aromatic N) is 2. The maximum absolute atomic E-state index is 5.55. The van der Waals surface area contributed by atoms with Crippen LogP contribution in [0.5, 0.6) is 0 Å². The molecule has 15 heavy (non-hydrogen) atoms. The number of nitrogen functional groups attached to an aromatic ring is 1. The summed E-state index contributed by atoms with van der Waals surface area (Å²) in [5.41, 5.74) is 5.55. The molecular weight excluding hydrogens is 210 g/mol. The SMILES string of the molecule is Nc1nc(=S)nc(NC2CCCCC2)[nH]1. The Morgan fingerprint density at radius 2 is 2.00 bits per heavy atom. The average molecular weight is 225 g/mol. The largest absolute Gasteiger partial charge is 0.369 e. The summed E-state index contributed by atoms with van der Waals surface area (Å²) in [7, 11) is 0. The van der Waals surface area contributed by atoms with Crippen molar-refractivity contribution in [3.8, 4) is 0 Å². The Hall–Kier alpha value is -1.17. The molecule has 1 aliphatic carbocycles. The zero-order chi connectivity index (χ0) is 10.7. The van der Waals surface area contributed by atoms with E-state index >= 15 is 0 Å². The molecule has 1 aromatic heterocycles. The van der Waals surface area contributed by atoms with E-state index in [-0.39, 0.29) is 4.77 Å². The Balaban J connectivity index is 2.06. The number of hydrogen-bond acceptors (Lipinski definition) is 5. The Morgan fingerprint density at radius 1 is 1.27 bits per heavy atom. The number of nitrogens with one attached hydrogen (secondary N) is 2.